The zero-order valence-electron chi connectivity index (χ0n) is 10.1. The van der Waals surface area contributed by atoms with Gasteiger partial charge in [0, 0.05) is 18.7 Å². The predicted molar refractivity (Wildman–Crippen MR) is 68.0 cm³/mol. The van der Waals surface area contributed by atoms with Crippen molar-refractivity contribution >= 4 is 11.4 Å². The molecule has 1 fully saturated rings. The van der Waals surface area contributed by atoms with Gasteiger partial charge in [-0.15, -0.1) is 0 Å². The Hall–Kier alpha value is -1.66. The average Bonchev–Trinajstić information content (AvgIpc) is 2.78. The fraction of sp³-hybridized carbons (Fsp3) is 0.500. The van der Waals surface area contributed by atoms with Crippen LogP contribution in [0, 0.1) is 10.1 Å². The first-order chi connectivity index (χ1) is 8.63. The second kappa shape index (κ2) is 5.32. The Labute approximate surface area is 105 Å². The lowest BCUT2D eigenvalue weighted by molar-refractivity contribution is -0.384. The van der Waals surface area contributed by atoms with Crippen molar-refractivity contribution in [1.29, 1.82) is 0 Å². The summed E-state index contributed by atoms with van der Waals surface area (Å²) in [6.45, 7) is 1.57. The van der Waals surface area contributed by atoms with Crippen LogP contribution >= 0.6 is 0 Å². The number of aliphatic hydroxyl groups excluding tert-OH is 1. The van der Waals surface area contributed by atoms with Gasteiger partial charge in [-0.2, -0.15) is 0 Å². The van der Waals surface area contributed by atoms with E-state index >= 15 is 0 Å². The predicted octanol–water partition coefficient (Wildman–Crippen LogP) is 1.13. The Morgan fingerprint density at radius 3 is 3.00 bits per heavy atom. The number of nitrogen functional groups attached to an aromatic ring is 1. The van der Waals surface area contributed by atoms with Crippen LogP contribution in [0.25, 0.3) is 0 Å². The van der Waals surface area contributed by atoms with E-state index in [0.717, 1.165) is 24.9 Å². The van der Waals surface area contributed by atoms with Crippen molar-refractivity contribution in [2.24, 2.45) is 0 Å². The van der Waals surface area contributed by atoms with Gasteiger partial charge in [0.25, 0.3) is 5.69 Å². The van der Waals surface area contributed by atoms with Gasteiger partial charge >= 0.3 is 0 Å². The SMILES string of the molecule is Nc1c(CN2CCCC2CO)cccc1[N+](=O)[O-]. The average molecular weight is 251 g/mol. The normalized spacial score (nSPS) is 20.2. The number of nitro benzene ring substituents is 1. The van der Waals surface area contributed by atoms with Crippen molar-refractivity contribution in [3.8, 4) is 0 Å². The number of anilines is 1. The summed E-state index contributed by atoms with van der Waals surface area (Å²) in [7, 11) is 0. The molecule has 1 heterocycles. The van der Waals surface area contributed by atoms with Gasteiger partial charge in [-0.1, -0.05) is 12.1 Å². The van der Waals surface area contributed by atoms with Gasteiger partial charge in [-0.3, -0.25) is 15.0 Å². The van der Waals surface area contributed by atoms with E-state index in [1.165, 1.54) is 6.07 Å². The molecule has 98 valence electrons. The maximum Gasteiger partial charge on any atom is 0.292 e. The van der Waals surface area contributed by atoms with Crippen molar-refractivity contribution in [2.75, 3.05) is 18.9 Å². The molecule has 1 unspecified atom stereocenters. The van der Waals surface area contributed by atoms with E-state index in [1.807, 2.05) is 0 Å². The molecule has 0 aliphatic carbocycles. The Morgan fingerprint density at radius 1 is 1.56 bits per heavy atom. The molecule has 1 aromatic carbocycles. The largest absolute Gasteiger partial charge is 0.395 e. The van der Waals surface area contributed by atoms with Gasteiger partial charge < -0.3 is 10.8 Å². The Balaban J connectivity index is 2.19. The molecule has 1 aliphatic rings. The number of hydrogen-bond acceptors (Lipinski definition) is 5. The first kappa shape index (κ1) is 12.8. The van der Waals surface area contributed by atoms with E-state index < -0.39 is 4.92 Å². The maximum atomic E-state index is 10.8. The van der Waals surface area contributed by atoms with E-state index in [2.05, 4.69) is 4.90 Å². The summed E-state index contributed by atoms with van der Waals surface area (Å²) >= 11 is 0. The van der Waals surface area contributed by atoms with Crippen molar-refractivity contribution in [1.82, 2.24) is 4.90 Å². The molecule has 0 saturated carbocycles. The van der Waals surface area contributed by atoms with Crippen LogP contribution in [0.15, 0.2) is 18.2 Å². The van der Waals surface area contributed by atoms with Gasteiger partial charge in [0.1, 0.15) is 5.69 Å². The van der Waals surface area contributed by atoms with E-state index in [9.17, 15) is 15.2 Å². The first-order valence-corrected chi connectivity index (χ1v) is 6.00. The summed E-state index contributed by atoms with van der Waals surface area (Å²) in [5.41, 5.74) is 6.75. The van der Waals surface area contributed by atoms with Gasteiger partial charge in [-0.25, -0.2) is 0 Å². The fourth-order valence-corrected chi connectivity index (χ4v) is 2.43. The van der Waals surface area contributed by atoms with Crippen LogP contribution in [0.2, 0.25) is 0 Å². The Morgan fingerprint density at radius 2 is 2.33 bits per heavy atom. The van der Waals surface area contributed by atoms with Crippen molar-refractivity contribution in [3.63, 3.8) is 0 Å². The topological polar surface area (TPSA) is 92.6 Å². The summed E-state index contributed by atoms with van der Waals surface area (Å²) in [5.74, 6) is 0. The zero-order chi connectivity index (χ0) is 13.1. The molecular weight excluding hydrogens is 234 g/mol. The smallest absolute Gasteiger partial charge is 0.292 e. The number of nitrogens with zero attached hydrogens (tertiary/aromatic N) is 2. The van der Waals surface area contributed by atoms with Crippen molar-refractivity contribution in [2.45, 2.75) is 25.4 Å². The third kappa shape index (κ3) is 2.44. The lowest BCUT2D eigenvalue weighted by Gasteiger charge is -2.23. The molecular formula is C12H17N3O3. The molecule has 3 N–H and O–H groups in total. The van der Waals surface area contributed by atoms with Crippen LogP contribution in [0.1, 0.15) is 18.4 Å². The van der Waals surface area contributed by atoms with Crippen molar-refractivity contribution < 1.29 is 10.0 Å². The highest BCUT2D eigenvalue weighted by Gasteiger charge is 2.25. The van der Waals surface area contributed by atoms with Crippen molar-refractivity contribution in [3.05, 3.63) is 33.9 Å². The number of benzene rings is 1. The number of rotatable bonds is 4. The quantitative estimate of drug-likeness (QED) is 0.475. The molecule has 0 amide bonds. The van der Waals surface area contributed by atoms with Gasteiger partial charge in [0.15, 0.2) is 0 Å². The molecule has 1 atom stereocenters. The Kier molecular flexibility index (Phi) is 3.78. The lowest BCUT2D eigenvalue weighted by atomic mass is 10.1. The number of aliphatic hydroxyl groups is 1. The molecule has 0 radical (unpaired) electrons. The number of hydrogen-bond donors (Lipinski definition) is 2. The minimum Gasteiger partial charge on any atom is -0.395 e. The molecule has 6 nitrogen and oxygen atoms in total. The third-order valence-electron chi connectivity index (χ3n) is 3.45. The van der Waals surface area contributed by atoms with Gasteiger partial charge in [0.05, 0.1) is 11.5 Å². The minimum atomic E-state index is -0.466. The maximum absolute atomic E-state index is 10.8. The number of para-hydroxylation sites is 1. The highest BCUT2D eigenvalue weighted by atomic mass is 16.6. The minimum absolute atomic E-state index is 0.0488. The van der Waals surface area contributed by atoms with E-state index in [0.29, 0.717) is 6.54 Å². The highest BCUT2D eigenvalue weighted by molar-refractivity contribution is 5.62. The molecule has 1 saturated heterocycles. The number of nitrogens with two attached hydrogens (primary N) is 1. The first-order valence-electron chi connectivity index (χ1n) is 6.00. The lowest BCUT2D eigenvalue weighted by Crippen LogP contribution is -2.31. The van der Waals surface area contributed by atoms with E-state index in [-0.39, 0.29) is 24.0 Å². The monoisotopic (exact) mass is 251 g/mol. The van der Waals surface area contributed by atoms with Crippen LogP contribution in [0.4, 0.5) is 11.4 Å². The second-order valence-electron chi connectivity index (χ2n) is 4.56. The number of nitro groups is 1. The van der Waals surface area contributed by atoms with Crippen LogP contribution in [-0.4, -0.2) is 34.1 Å². The van der Waals surface area contributed by atoms with Gasteiger partial charge in [0.2, 0.25) is 0 Å². The summed E-state index contributed by atoms with van der Waals surface area (Å²) in [6.07, 6.45) is 2.01. The van der Waals surface area contributed by atoms with Crippen LogP contribution in [0.5, 0.6) is 0 Å². The van der Waals surface area contributed by atoms with E-state index in [1.54, 1.807) is 12.1 Å². The molecule has 18 heavy (non-hydrogen) atoms. The van der Waals surface area contributed by atoms with E-state index in [4.69, 9.17) is 5.73 Å². The number of likely N-dealkylation sites (tertiary alicyclic amines) is 1. The van der Waals surface area contributed by atoms with Crippen LogP contribution < -0.4 is 5.73 Å². The molecule has 2 rings (SSSR count). The Bertz CT molecular complexity index is 450. The standard InChI is InChI=1S/C12H17N3O3/c13-12-9(3-1-5-11(12)15(17)18)7-14-6-2-4-10(14)8-16/h1,3,5,10,16H,2,4,6-8,13H2. The fourth-order valence-electron chi connectivity index (χ4n) is 2.43. The second-order valence-corrected chi connectivity index (χ2v) is 4.56. The summed E-state index contributed by atoms with van der Waals surface area (Å²) in [6, 6.07) is 5.00. The summed E-state index contributed by atoms with van der Waals surface area (Å²) in [4.78, 5) is 12.5. The summed E-state index contributed by atoms with van der Waals surface area (Å²) < 4.78 is 0. The summed E-state index contributed by atoms with van der Waals surface area (Å²) in [5, 5.41) is 20.0. The molecule has 0 aromatic heterocycles. The zero-order valence-corrected chi connectivity index (χ0v) is 10.1. The molecule has 1 aromatic rings. The molecule has 0 spiro atoms. The van der Waals surface area contributed by atoms with Crippen LogP contribution in [-0.2, 0) is 6.54 Å². The molecule has 0 bridgehead atoms. The van der Waals surface area contributed by atoms with Crippen LogP contribution in [0.3, 0.4) is 0 Å². The molecule has 6 heteroatoms. The third-order valence-corrected chi connectivity index (χ3v) is 3.45. The molecule has 1 aliphatic heterocycles. The highest BCUT2D eigenvalue weighted by Crippen LogP contribution is 2.28. The van der Waals surface area contributed by atoms with Gasteiger partial charge in [-0.05, 0) is 24.9 Å².